The number of hydrogen-bond donors (Lipinski definition) is 2. The van der Waals surface area contributed by atoms with E-state index in [4.69, 9.17) is 4.74 Å². The van der Waals surface area contributed by atoms with Crippen molar-refractivity contribution in [2.75, 3.05) is 31.2 Å². The van der Waals surface area contributed by atoms with Crippen LogP contribution in [0.1, 0.15) is 63.6 Å². The molecule has 0 unspecified atom stereocenters. The Hall–Kier alpha value is -3.83. The highest BCUT2D eigenvalue weighted by Gasteiger charge is 2.53. The van der Waals surface area contributed by atoms with E-state index in [-0.39, 0.29) is 28.4 Å². The highest BCUT2D eigenvalue weighted by atomic mass is 16.5. The average molecular weight is 576 g/mol. The number of phenolic OH excluding ortho intramolecular Hbond substituents is 1. The van der Waals surface area contributed by atoms with Crippen molar-refractivity contribution in [3.63, 3.8) is 0 Å². The second-order valence-corrected chi connectivity index (χ2v) is 14.6. The van der Waals surface area contributed by atoms with Gasteiger partial charge in [0.1, 0.15) is 5.75 Å². The largest absolute Gasteiger partial charge is 0.507 e. The van der Waals surface area contributed by atoms with E-state index >= 15 is 0 Å². The van der Waals surface area contributed by atoms with Gasteiger partial charge in [-0.2, -0.15) is 0 Å². The molecule has 0 atom stereocenters. The van der Waals surface area contributed by atoms with Gasteiger partial charge in [-0.1, -0.05) is 64.1 Å². The zero-order valence-electron chi connectivity index (χ0n) is 25.7. The predicted octanol–water partition coefficient (Wildman–Crippen LogP) is 8.18. The Morgan fingerprint density at radius 3 is 2.16 bits per heavy atom. The third kappa shape index (κ3) is 4.69. The number of aliphatic carboxylic acids is 1. The predicted molar refractivity (Wildman–Crippen MR) is 173 cm³/mol. The minimum Gasteiger partial charge on any atom is -0.507 e. The van der Waals surface area contributed by atoms with Gasteiger partial charge in [0.05, 0.1) is 19.6 Å². The number of ether oxygens (including phenoxy) is 1. The Labute approximate surface area is 254 Å². The normalized spacial score (nSPS) is 19.8. The molecule has 0 bridgehead atoms. The van der Waals surface area contributed by atoms with Crippen LogP contribution < -0.4 is 4.90 Å². The molecule has 3 aliphatic rings. The lowest BCUT2D eigenvalue weighted by molar-refractivity contribution is -0.136. The maximum Gasteiger partial charge on any atom is 0.307 e. The third-order valence-electron chi connectivity index (χ3n) is 9.98. The fourth-order valence-electron chi connectivity index (χ4n) is 9.18. The number of hydrogen-bond acceptors (Lipinski definition) is 4. The van der Waals surface area contributed by atoms with E-state index in [1.165, 1.54) is 16.7 Å². The van der Waals surface area contributed by atoms with Crippen LogP contribution in [0.2, 0.25) is 0 Å². The molecule has 2 aliphatic carbocycles. The molecular weight excluding hydrogens is 534 g/mol. The van der Waals surface area contributed by atoms with Crippen LogP contribution in [0.25, 0.3) is 33.0 Å². The van der Waals surface area contributed by atoms with Crippen molar-refractivity contribution in [2.24, 2.45) is 10.8 Å². The molecular formula is C38H41NO4. The molecule has 2 N–H and O–H groups in total. The van der Waals surface area contributed by atoms with Crippen LogP contribution in [-0.2, 0) is 21.4 Å². The van der Waals surface area contributed by atoms with Crippen LogP contribution in [0.5, 0.6) is 5.75 Å². The second kappa shape index (κ2) is 9.85. The van der Waals surface area contributed by atoms with Gasteiger partial charge in [-0.05, 0) is 105 Å². The summed E-state index contributed by atoms with van der Waals surface area (Å²) in [5.74, 6) is -0.606. The number of carboxylic acid groups (broad SMARTS) is 1. The number of carbonyl (C=O) groups is 1. The van der Waals surface area contributed by atoms with Crippen LogP contribution >= 0.6 is 0 Å². The molecule has 2 fully saturated rings. The Morgan fingerprint density at radius 2 is 1.49 bits per heavy atom. The van der Waals surface area contributed by atoms with Crippen molar-refractivity contribution in [1.29, 1.82) is 0 Å². The molecule has 1 heterocycles. The molecule has 0 radical (unpaired) electrons. The fourth-order valence-corrected chi connectivity index (χ4v) is 9.18. The highest BCUT2D eigenvalue weighted by Crippen LogP contribution is 2.64. The van der Waals surface area contributed by atoms with E-state index in [1.807, 2.05) is 18.2 Å². The molecule has 43 heavy (non-hydrogen) atoms. The van der Waals surface area contributed by atoms with Gasteiger partial charge in [0.25, 0.3) is 0 Å². The Bertz CT molecular complexity index is 1730. The van der Waals surface area contributed by atoms with E-state index in [2.05, 4.69) is 81.1 Å². The van der Waals surface area contributed by atoms with Crippen molar-refractivity contribution in [2.45, 2.75) is 58.8 Å². The molecule has 222 valence electrons. The number of phenols is 1. The summed E-state index contributed by atoms with van der Waals surface area (Å²) in [5, 5.41) is 23.4. The van der Waals surface area contributed by atoms with E-state index in [9.17, 15) is 15.0 Å². The number of anilines is 1. The van der Waals surface area contributed by atoms with Gasteiger partial charge >= 0.3 is 5.97 Å². The van der Waals surface area contributed by atoms with Crippen molar-refractivity contribution in [1.82, 2.24) is 0 Å². The number of aromatic hydroxyl groups is 1. The van der Waals surface area contributed by atoms with Crippen LogP contribution in [0, 0.1) is 10.8 Å². The molecule has 1 spiro atoms. The summed E-state index contributed by atoms with van der Waals surface area (Å²) in [7, 11) is 0. The van der Waals surface area contributed by atoms with Crippen molar-refractivity contribution >= 4 is 22.4 Å². The highest BCUT2D eigenvalue weighted by molar-refractivity contribution is 6.07. The van der Waals surface area contributed by atoms with Crippen LogP contribution in [0.3, 0.4) is 0 Å². The van der Waals surface area contributed by atoms with Gasteiger partial charge in [-0.3, -0.25) is 4.79 Å². The minimum atomic E-state index is -0.866. The molecule has 0 amide bonds. The molecule has 5 nitrogen and oxygen atoms in total. The molecule has 1 saturated heterocycles. The number of morpholine rings is 1. The van der Waals surface area contributed by atoms with Crippen LogP contribution in [-0.4, -0.2) is 42.5 Å². The summed E-state index contributed by atoms with van der Waals surface area (Å²) in [6, 6.07) is 23.1. The van der Waals surface area contributed by atoms with Gasteiger partial charge in [0.2, 0.25) is 0 Å². The lowest BCUT2D eigenvalue weighted by atomic mass is 9.52. The number of nitrogens with zero attached hydrogens (tertiary/aromatic N) is 1. The Balaban J connectivity index is 1.43. The monoisotopic (exact) mass is 575 g/mol. The lowest BCUT2D eigenvalue weighted by Crippen LogP contribution is -2.43. The maximum absolute atomic E-state index is 12.2. The zero-order chi connectivity index (χ0) is 30.1. The maximum atomic E-state index is 12.2. The number of fused-ring (bicyclic) bond motifs is 7. The van der Waals surface area contributed by atoms with Crippen molar-refractivity contribution in [3.05, 3.63) is 83.4 Å². The zero-order valence-corrected chi connectivity index (χ0v) is 25.7. The first-order valence-corrected chi connectivity index (χ1v) is 15.5. The summed E-state index contributed by atoms with van der Waals surface area (Å²) < 4.78 is 5.51. The molecule has 5 heteroatoms. The summed E-state index contributed by atoms with van der Waals surface area (Å²) in [5.41, 5.74) is 8.62. The van der Waals surface area contributed by atoms with E-state index in [1.54, 1.807) is 0 Å². The molecule has 7 rings (SSSR count). The molecule has 1 saturated carbocycles. The van der Waals surface area contributed by atoms with Gasteiger partial charge in [0.15, 0.2) is 0 Å². The third-order valence-corrected chi connectivity index (χ3v) is 9.98. The van der Waals surface area contributed by atoms with Gasteiger partial charge in [-0.15, -0.1) is 0 Å². The quantitative estimate of drug-likeness (QED) is 0.257. The summed E-state index contributed by atoms with van der Waals surface area (Å²) in [4.78, 5) is 14.5. The van der Waals surface area contributed by atoms with Gasteiger partial charge in [-0.25, -0.2) is 0 Å². The van der Waals surface area contributed by atoms with Crippen molar-refractivity contribution < 1.29 is 19.7 Å². The fraction of sp³-hybridized carbons (Fsp3) is 0.395. The summed E-state index contributed by atoms with van der Waals surface area (Å²) in [6.07, 6.45) is 3.07. The number of rotatable bonds is 4. The number of carboxylic acids is 1. The van der Waals surface area contributed by atoms with E-state index in [0.29, 0.717) is 0 Å². The molecule has 4 aromatic carbocycles. The first-order valence-electron chi connectivity index (χ1n) is 15.5. The average Bonchev–Trinajstić information content (AvgIpc) is 3.19. The Morgan fingerprint density at radius 1 is 0.814 bits per heavy atom. The van der Waals surface area contributed by atoms with Gasteiger partial charge < -0.3 is 19.8 Å². The second-order valence-electron chi connectivity index (χ2n) is 14.6. The molecule has 0 aromatic heterocycles. The Kier molecular flexibility index (Phi) is 6.41. The van der Waals surface area contributed by atoms with Gasteiger partial charge in [0, 0.05) is 29.6 Å². The smallest absolute Gasteiger partial charge is 0.307 e. The van der Waals surface area contributed by atoms with Crippen LogP contribution in [0.4, 0.5) is 5.69 Å². The lowest BCUT2D eigenvalue weighted by Gasteiger charge is -2.51. The van der Waals surface area contributed by atoms with E-state index in [0.717, 1.165) is 84.3 Å². The summed E-state index contributed by atoms with van der Waals surface area (Å²) in [6.45, 7) is 12.6. The first kappa shape index (κ1) is 28.0. The van der Waals surface area contributed by atoms with Crippen LogP contribution in [0.15, 0.2) is 66.7 Å². The first-order chi connectivity index (χ1) is 20.5. The van der Waals surface area contributed by atoms with Crippen molar-refractivity contribution in [3.8, 4) is 28.0 Å². The minimum absolute atomic E-state index is 0.0895. The van der Waals surface area contributed by atoms with E-state index < -0.39 is 5.97 Å². The molecule has 1 aliphatic heterocycles. The summed E-state index contributed by atoms with van der Waals surface area (Å²) >= 11 is 0. The number of benzene rings is 4. The standard InChI is InChI=1S/C38H41NO4/c1-36(2)21-37(3,4)23-38(22-36)31-8-6-5-7-27(31)35-30-17-25(18-34(41)42)28(19-29(30)33(40)20-32(35)38)24-9-11-26(12-10-24)39-13-15-43-16-14-39/h5-12,17,19-20,40H,13-16,18,21-23H2,1-4H3,(H,41,42). The SMILES string of the molecule is CC1(C)CC(C)(C)CC2(C1)c1ccccc1-c1c2cc(O)c2cc(-c3ccc(N4CCOCC4)cc3)c(CC(=O)O)cc12. The topological polar surface area (TPSA) is 70.0 Å². The molecule has 4 aromatic rings.